The predicted octanol–water partition coefficient (Wildman–Crippen LogP) is 3.53. The number of anilines is 2. The first-order valence-electron chi connectivity index (χ1n) is 5.36. The van der Waals surface area contributed by atoms with Crippen LogP contribution in [0, 0.1) is 6.92 Å². The van der Waals surface area contributed by atoms with Crippen molar-refractivity contribution in [2.75, 3.05) is 5.32 Å². The van der Waals surface area contributed by atoms with Gasteiger partial charge in [-0.25, -0.2) is 4.98 Å². The summed E-state index contributed by atoms with van der Waals surface area (Å²) in [5.74, 6) is 0.672. The van der Waals surface area contributed by atoms with Gasteiger partial charge in [-0.15, -0.1) is 0 Å². The highest BCUT2D eigenvalue weighted by molar-refractivity contribution is 9.10. The van der Waals surface area contributed by atoms with Crippen molar-refractivity contribution in [3.8, 4) is 0 Å². The second kappa shape index (κ2) is 5.46. The minimum absolute atomic E-state index is 0.332. The van der Waals surface area contributed by atoms with Gasteiger partial charge in [0.25, 0.3) is 0 Å². The molecular formula is C13H12BrN3S. The van der Waals surface area contributed by atoms with E-state index in [0.717, 1.165) is 21.3 Å². The fourth-order valence-corrected chi connectivity index (χ4v) is 2.11. The molecule has 0 amide bonds. The molecule has 1 heterocycles. The lowest BCUT2D eigenvalue weighted by molar-refractivity contribution is 1.28. The van der Waals surface area contributed by atoms with E-state index in [0.29, 0.717) is 10.8 Å². The Kier molecular flexibility index (Phi) is 3.93. The molecule has 0 aliphatic carbocycles. The zero-order valence-corrected chi connectivity index (χ0v) is 12.2. The molecule has 0 spiro atoms. The third kappa shape index (κ3) is 2.68. The van der Waals surface area contributed by atoms with Gasteiger partial charge in [0, 0.05) is 16.4 Å². The fraction of sp³-hybridized carbons (Fsp3) is 0.0769. The van der Waals surface area contributed by atoms with E-state index in [1.54, 1.807) is 6.20 Å². The SMILES string of the molecule is Cc1c(Br)cccc1Nc1ncccc1C(N)=S. The molecule has 18 heavy (non-hydrogen) atoms. The van der Waals surface area contributed by atoms with Gasteiger partial charge in [-0.1, -0.05) is 34.2 Å². The van der Waals surface area contributed by atoms with Gasteiger partial charge < -0.3 is 11.1 Å². The van der Waals surface area contributed by atoms with E-state index in [4.69, 9.17) is 18.0 Å². The van der Waals surface area contributed by atoms with Crippen molar-refractivity contribution in [2.45, 2.75) is 6.92 Å². The van der Waals surface area contributed by atoms with Crippen LogP contribution >= 0.6 is 28.1 Å². The summed E-state index contributed by atoms with van der Waals surface area (Å²) >= 11 is 8.51. The molecule has 0 aliphatic heterocycles. The molecule has 0 aliphatic rings. The Morgan fingerprint density at radius 3 is 2.83 bits per heavy atom. The lowest BCUT2D eigenvalue weighted by Gasteiger charge is -2.12. The molecule has 0 bridgehead atoms. The summed E-state index contributed by atoms with van der Waals surface area (Å²) in [4.78, 5) is 4.60. The van der Waals surface area contributed by atoms with E-state index < -0.39 is 0 Å². The Balaban J connectivity index is 2.40. The van der Waals surface area contributed by atoms with Crippen LogP contribution in [0.4, 0.5) is 11.5 Å². The second-order valence-electron chi connectivity index (χ2n) is 3.80. The standard InChI is InChI=1S/C13H12BrN3S/c1-8-10(14)5-2-6-11(8)17-13-9(12(15)18)4-3-7-16-13/h2-7H,1H3,(H2,15,18)(H,16,17). The van der Waals surface area contributed by atoms with Crippen LogP contribution in [0.3, 0.4) is 0 Å². The summed E-state index contributed by atoms with van der Waals surface area (Å²) in [7, 11) is 0. The van der Waals surface area contributed by atoms with Crippen LogP contribution in [-0.2, 0) is 0 Å². The molecule has 0 saturated carbocycles. The van der Waals surface area contributed by atoms with Gasteiger partial charge in [-0.2, -0.15) is 0 Å². The van der Waals surface area contributed by atoms with Gasteiger partial charge in [0.05, 0.1) is 5.56 Å². The number of hydrogen-bond acceptors (Lipinski definition) is 3. The lowest BCUT2D eigenvalue weighted by Crippen LogP contribution is -2.13. The van der Waals surface area contributed by atoms with Crippen molar-refractivity contribution < 1.29 is 0 Å². The number of nitrogens with one attached hydrogen (secondary N) is 1. The first-order valence-corrected chi connectivity index (χ1v) is 6.56. The van der Waals surface area contributed by atoms with Crippen molar-refractivity contribution in [2.24, 2.45) is 5.73 Å². The second-order valence-corrected chi connectivity index (χ2v) is 5.10. The van der Waals surface area contributed by atoms with Crippen LogP contribution in [0.15, 0.2) is 41.0 Å². The zero-order valence-electron chi connectivity index (χ0n) is 9.77. The molecule has 0 saturated heterocycles. The normalized spacial score (nSPS) is 10.1. The number of pyridine rings is 1. The van der Waals surface area contributed by atoms with Crippen molar-refractivity contribution in [1.29, 1.82) is 0 Å². The maximum absolute atomic E-state index is 5.68. The van der Waals surface area contributed by atoms with Crippen LogP contribution in [0.25, 0.3) is 0 Å². The Bertz CT molecular complexity index is 599. The number of hydrogen-bond donors (Lipinski definition) is 2. The Labute approximate surface area is 120 Å². The minimum Gasteiger partial charge on any atom is -0.389 e. The molecule has 5 heteroatoms. The van der Waals surface area contributed by atoms with Crippen molar-refractivity contribution in [1.82, 2.24) is 4.98 Å². The van der Waals surface area contributed by atoms with Crippen LogP contribution in [-0.4, -0.2) is 9.97 Å². The number of benzene rings is 1. The molecule has 1 aromatic heterocycles. The molecule has 2 aromatic rings. The summed E-state index contributed by atoms with van der Waals surface area (Å²) in [5, 5.41) is 3.25. The Hall–Kier alpha value is -1.46. The molecule has 3 N–H and O–H groups in total. The molecule has 3 nitrogen and oxygen atoms in total. The Morgan fingerprint density at radius 2 is 2.11 bits per heavy atom. The maximum Gasteiger partial charge on any atom is 0.140 e. The monoisotopic (exact) mass is 321 g/mol. The van der Waals surface area contributed by atoms with E-state index in [1.807, 2.05) is 37.3 Å². The van der Waals surface area contributed by atoms with Crippen molar-refractivity contribution >= 4 is 44.6 Å². The quantitative estimate of drug-likeness (QED) is 0.849. The number of aromatic nitrogens is 1. The molecule has 92 valence electrons. The van der Waals surface area contributed by atoms with Gasteiger partial charge in [-0.05, 0) is 36.8 Å². The number of thiocarbonyl (C=S) groups is 1. The number of rotatable bonds is 3. The largest absolute Gasteiger partial charge is 0.389 e. The fourth-order valence-electron chi connectivity index (χ4n) is 1.57. The highest BCUT2D eigenvalue weighted by Crippen LogP contribution is 2.26. The van der Waals surface area contributed by atoms with E-state index in [-0.39, 0.29) is 0 Å². The van der Waals surface area contributed by atoms with Crippen LogP contribution in [0.5, 0.6) is 0 Å². The highest BCUT2D eigenvalue weighted by Gasteiger charge is 2.08. The molecular weight excluding hydrogens is 310 g/mol. The molecule has 0 fully saturated rings. The number of halogens is 1. The maximum atomic E-state index is 5.68. The summed E-state index contributed by atoms with van der Waals surface area (Å²) in [6, 6.07) is 9.60. The number of nitrogens with two attached hydrogens (primary N) is 1. The van der Waals surface area contributed by atoms with Crippen molar-refractivity contribution in [3.05, 3.63) is 52.1 Å². The topological polar surface area (TPSA) is 50.9 Å². The minimum atomic E-state index is 0.332. The molecule has 1 aromatic carbocycles. The van der Waals surface area contributed by atoms with E-state index in [1.165, 1.54) is 0 Å². The van der Waals surface area contributed by atoms with Gasteiger partial charge in [0.15, 0.2) is 0 Å². The van der Waals surface area contributed by atoms with Gasteiger partial charge in [0.2, 0.25) is 0 Å². The summed E-state index contributed by atoms with van der Waals surface area (Å²) in [6.45, 7) is 2.02. The Morgan fingerprint density at radius 1 is 1.33 bits per heavy atom. The average molecular weight is 322 g/mol. The first kappa shape index (κ1) is 13.0. The van der Waals surface area contributed by atoms with Crippen LogP contribution in [0.1, 0.15) is 11.1 Å². The van der Waals surface area contributed by atoms with E-state index in [2.05, 4.69) is 26.2 Å². The van der Waals surface area contributed by atoms with Gasteiger partial charge in [0.1, 0.15) is 10.8 Å². The molecule has 0 atom stereocenters. The van der Waals surface area contributed by atoms with Crippen molar-refractivity contribution in [3.63, 3.8) is 0 Å². The highest BCUT2D eigenvalue weighted by atomic mass is 79.9. The zero-order chi connectivity index (χ0) is 13.1. The predicted molar refractivity (Wildman–Crippen MR) is 82.3 cm³/mol. The summed E-state index contributed by atoms with van der Waals surface area (Å²) < 4.78 is 1.04. The average Bonchev–Trinajstić information content (AvgIpc) is 2.35. The van der Waals surface area contributed by atoms with Crippen LogP contribution in [0.2, 0.25) is 0 Å². The third-order valence-corrected chi connectivity index (χ3v) is 3.67. The molecule has 0 unspecified atom stereocenters. The smallest absolute Gasteiger partial charge is 0.140 e. The molecule has 0 radical (unpaired) electrons. The number of nitrogens with zero attached hydrogens (tertiary/aromatic N) is 1. The summed E-state index contributed by atoms with van der Waals surface area (Å²) in [6.07, 6.45) is 1.71. The third-order valence-electron chi connectivity index (χ3n) is 2.59. The van der Waals surface area contributed by atoms with E-state index >= 15 is 0 Å². The first-order chi connectivity index (χ1) is 8.59. The van der Waals surface area contributed by atoms with E-state index in [9.17, 15) is 0 Å². The summed E-state index contributed by atoms with van der Waals surface area (Å²) in [5.41, 5.74) is 8.50. The lowest BCUT2D eigenvalue weighted by atomic mass is 10.2. The molecule has 2 rings (SSSR count). The van der Waals surface area contributed by atoms with Gasteiger partial charge in [-0.3, -0.25) is 0 Å². The van der Waals surface area contributed by atoms with Gasteiger partial charge >= 0.3 is 0 Å². The van der Waals surface area contributed by atoms with Crippen LogP contribution < -0.4 is 11.1 Å².